The summed E-state index contributed by atoms with van der Waals surface area (Å²) in [7, 11) is 0. The first-order valence-corrected chi connectivity index (χ1v) is 7.02. The Kier molecular flexibility index (Phi) is 4.53. The molecule has 1 aromatic rings. The molecule has 2 rings (SSSR count). The fourth-order valence-corrected chi connectivity index (χ4v) is 2.37. The maximum Gasteiger partial charge on any atom is 0.222 e. The Labute approximate surface area is 115 Å². The molecule has 0 atom stereocenters. The van der Waals surface area contributed by atoms with Crippen LogP contribution in [0.1, 0.15) is 36.0 Å². The van der Waals surface area contributed by atoms with Crippen LogP contribution in [0.5, 0.6) is 0 Å². The highest BCUT2D eigenvalue weighted by molar-refractivity contribution is 9.10. The molecule has 1 fully saturated rings. The Hall–Kier alpha value is -1.16. The zero-order valence-electron chi connectivity index (χ0n) is 10.2. The topological polar surface area (TPSA) is 37.4 Å². The van der Waals surface area contributed by atoms with E-state index in [0.29, 0.717) is 18.5 Å². The van der Waals surface area contributed by atoms with Crippen molar-refractivity contribution in [3.8, 4) is 0 Å². The molecule has 0 unspecified atom stereocenters. The van der Waals surface area contributed by atoms with Crippen molar-refractivity contribution in [2.45, 2.75) is 25.7 Å². The van der Waals surface area contributed by atoms with Gasteiger partial charge in [0.2, 0.25) is 5.91 Å². The van der Waals surface area contributed by atoms with Crippen LogP contribution in [0, 0.1) is 0 Å². The van der Waals surface area contributed by atoms with Crippen LogP contribution in [0.4, 0.5) is 0 Å². The average Bonchev–Trinajstić information content (AvgIpc) is 2.56. The van der Waals surface area contributed by atoms with Crippen LogP contribution in [0.2, 0.25) is 0 Å². The van der Waals surface area contributed by atoms with E-state index in [1.807, 2.05) is 12.1 Å². The van der Waals surface area contributed by atoms with Gasteiger partial charge in [-0.3, -0.25) is 9.59 Å². The highest BCUT2D eigenvalue weighted by Gasteiger charge is 2.19. The molecular weight excluding hydrogens is 294 g/mol. The molecule has 0 aromatic heterocycles. The molecule has 1 aromatic carbocycles. The molecule has 96 valence electrons. The Bertz CT molecular complexity index is 442. The Morgan fingerprint density at radius 2 is 1.89 bits per heavy atom. The summed E-state index contributed by atoms with van der Waals surface area (Å²) in [5.41, 5.74) is 0.662. The number of hydrogen-bond donors (Lipinski definition) is 0. The largest absolute Gasteiger partial charge is 0.335 e. The Balaban J connectivity index is 2.01. The van der Waals surface area contributed by atoms with Crippen LogP contribution in [0.25, 0.3) is 0 Å². The molecule has 1 amide bonds. The molecule has 0 saturated carbocycles. The van der Waals surface area contributed by atoms with Crippen molar-refractivity contribution in [3.05, 3.63) is 34.3 Å². The van der Waals surface area contributed by atoms with Crippen LogP contribution in [-0.2, 0) is 4.79 Å². The molecule has 1 aliphatic rings. The van der Waals surface area contributed by atoms with E-state index in [2.05, 4.69) is 15.9 Å². The number of benzene rings is 1. The van der Waals surface area contributed by atoms with Crippen molar-refractivity contribution < 1.29 is 9.59 Å². The normalized spacial score (nSPS) is 16.5. The zero-order valence-corrected chi connectivity index (χ0v) is 11.8. The van der Waals surface area contributed by atoms with Gasteiger partial charge in [-0.1, -0.05) is 34.5 Å². The molecule has 0 bridgehead atoms. The van der Waals surface area contributed by atoms with Crippen molar-refractivity contribution in [1.82, 2.24) is 4.90 Å². The van der Waals surface area contributed by atoms with Crippen molar-refractivity contribution in [1.29, 1.82) is 0 Å². The second kappa shape index (κ2) is 6.14. The quantitative estimate of drug-likeness (QED) is 0.805. The molecule has 0 spiro atoms. The smallest absolute Gasteiger partial charge is 0.222 e. The molecule has 1 aliphatic heterocycles. The Morgan fingerprint density at radius 1 is 1.17 bits per heavy atom. The lowest BCUT2D eigenvalue weighted by atomic mass is 10.1. The molecule has 0 N–H and O–H groups in total. The lowest BCUT2D eigenvalue weighted by molar-refractivity contribution is -0.130. The molecule has 3 nitrogen and oxygen atoms in total. The van der Waals surface area contributed by atoms with E-state index < -0.39 is 0 Å². The predicted octanol–water partition coefficient (Wildman–Crippen LogP) is 3.03. The summed E-state index contributed by atoms with van der Waals surface area (Å²) >= 11 is 3.34. The van der Waals surface area contributed by atoms with E-state index in [1.54, 1.807) is 17.0 Å². The number of rotatable bonds is 3. The van der Waals surface area contributed by atoms with Gasteiger partial charge in [0.25, 0.3) is 0 Å². The van der Waals surface area contributed by atoms with Gasteiger partial charge in [-0.2, -0.15) is 0 Å². The van der Waals surface area contributed by atoms with Crippen LogP contribution < -0.4 is 0 Å². The van der Waals surface area contributed by atoms with Gasteiger partial charge in [0, 0.05) is 23.0 Å². The fourth-order valence-electron chi connectivity index (χ4n) is 2.11. The highest BCUT2D eigenvalue weighted by atomic mass is 79.9. The number of carbonyl (C=O) groups excluding carboxylic acids is 2. The van der Waals surface area contributed by atoms with Crippen LogP contribution in [0.15, 0.2) is 28.7 Å². The maximum atomic E-state index is 12.1. The summed E-state index contributed by atoms with van der Waals surface area (Å²) in [5, 5.41) is 0. The van der Waals surface area contributed by atoms with Crippen LogP contribution in [-0.4, -0.2) is 29.7 Å². The van der Waals surface area contributed by atoms with Gasteiger partial charge >= 0.3 is 0 Å². The van der Waals surface area contributed by atoms with Crippen molar-refractivity contribution >= 4 is 27.6 Å². The van der Waals surface area contributed by atoms with E-state index in [0.717, 1.165) is 23.7 Å². The fraction of sp³-hybridized carbons (Fsp3) is 0.429. The standard InChI is InChI=1S/C14H16BrNO2/c15-12-7-5-11(6-8-12)13(17)10-16-9-3-1-2-4-14(16)18/h5-8H,1-4,9-10H2. The number of carbonyl (C=O) groups is 2. The van der Waals surface area contributed by atoms with Gasteiger partial charge in [-0.15, -0.1) is 0 Å². The number of hydrogen-bond acceptors (Lipinski definition) is 2. The minimum Gasteiger partial charge on any atom is -0.335 e. The highest BCUT2D eigenvalue weighted by Crippen LogP contribution is 2.14. The van der Waals surface area contributed by atoms with Crippen LogP contribution in [0.3, 0.4) is 0 Å². The van der Waals surface area contributed by atoms with Crippen molar-refractivity contribution in [2.75, 3.05) is 13.1 Å². The first-order chi connectivity index (χ1) is 8.66. The molecule has 1 saturated heterocycles. The molecule has 4 heteroatoms. The summed E-state index contributed by atoms with van der Waals surface area (Å²) in [4.78, 5) is 25.6. The van der Waals surface area contributed by atoms with E-state index in [9.17, 15) is 9.59 Å². The Morgan fingerprint density at radius 3 is 2.61 bits per heavy atom. The summed E-state index contributed by atoms with van der Waals surface area (Å²) in [5.74, 6) is 0.121. The number of nitrogens with zero attached hydrogens (tertiary/aromatic N) is 1. The van der Waals surface area contributed by atoms with Gasteiger partial charge in [0.05, 0.1) is 6.54 Å². The van der Waals surface area contributed by atoms with Crippen LogP contribution >= 0.6 is 15.9 Å². The summed E-state index contributed by atoms with van der Waals surface area (Å²) in [6, 6.07) is 7.26. The number of Topliss-reactive ketones (excluding diaryl/α,β-unsaturated/α-hetero) is 1. The second-order valence-corrected chi connectivity index (χ2v) is 5.47. The predicted molar refractivity (Wildman–Crippen MR) is 73.5 cm³/mol. The minimum absolute atomic E-state index is 0.0118. The van der Waals surface area contributed by atoms with E-state index >= 15 is 0 Å². The third-order valence-corrected chi connectivity index (χ3v) is 3.70. The van der Waals surface area contributed by atoms with E-state index in [1.165, 1.54) is 0 Å². The molecule has 0 radical (unpaired) electrons. The summed E-state index contributed by atoms with van der Waals surface area (Å²) < 4.78 is 0.949. The number of likely N-dealkylation sites (tertiary alicyclic amines) is 1. The third-order valence-electron chi connectivity index (χ3n) is 3.17. The van der Waals surface area contributed by atoms with Crippen molar-refractivity contribution in [3.63, 3.8) is 0 Å². The second-order valence-electron chi connectivity index (χ2n) is 4.56. The first-order valence-electron chi connectivity index (χ1n) is 6.23. The average molecular weight is 310 g/mol. The van der Waals surface area contributed by atoms with Gasteiger partial charge < -0.3 is 4.90 Å². The molecule has 1 heterocycles. The van der Waals surface area contributed by atoms with Gasteiger partial charge in [-0.05, 0) is 25.0 Å². The van der Waals surface area contributed by atoms with Gasteiger partial charge in [0.15, 0.2) is 5.78 Å². The molecule has 18 heavy (non-hydrogen) atoms. The SMILES string of the molecule is O=C(CN1CCCCCC1=O)c1ccc(Br)cc1. The summed E-state index contributed by atoms with van der Waals surface area (Å²) in [6.07, 6.45) is 3.60. The van der Waals surface area contributed by atoms with E-state index in [4.69, 9.17) is 0 Å². The lowest BCUT2D eigenvalue weighted by Gasteiger charge is -2.19. The maximum absolute atomic E-state index is 12.1. The first kappa shape index (κ1) is 13.3. The minimum atomic E-state index is 0.0118. The molecule has 0 aliphatic carbocycles. The third kappa shape index (κ3) is 3.42. The zero-order chi connectivity index (χ0) is 13.0. The monoisotopic (exact) mass is 309 g/mol. The van der Waals surface area contributed by atoms with Gasteiger partial charge in [0.1, 0.15) is 0 Å². The van der Waals surface area contributed by atoms with E-state index in [-0.39, 0.29) is 18.2 Å². The summed E-state index contributed by atoms with van der Waals surface area (Å²) in [6.45, 7) is 0.918. The number of ketones is 1. The lowest BCUT2D eigenvalue weighted by Crippen LogP contribution is -2.35. The van der Waals surface area contributed by atoms with Crippen molar-refractivity contribution in [2.24, 2.45) is 0 Å². The number of halogens is 1. The van der Waals surface area contributed by atoms with Gasteiger partial charge in [-0.25, -0.2) is 0 Å². The number of amides is 1. The molecular formula is C14H16BrNO2.